The van der Waals surface area contributed by atoms with Gasteiger partial charge in [-0.2, -0.15) is 0 Å². The van der Waals surface area contributed by atoms with Crippen molar-refractivity contribution >= 4 is 63.1 Å². The molecule has 7 rings (SSSR count). The predicted molar refractivity (Wildman–Crippen MR) is 192 cm³/mol. The van der Waals surface area contributed by atoms with Crippen LogP contribution in [0, 0.1) is 0 Å². The number of piperazine rings is 1. The molecule has 3 heterocycles. The molecule has 3 N–H and O–H groups in total. The highest BCUT2D eigenvalue weighted by Crippen LogP contribution is 2.39. The Hall–Kier alpha value is -5.58. The Labute approximate surface area is 279 Å². The largest absolute Gasteiger partial charge is 0.354 e. The zero-order valence-corrected chi connectivity index (χ0v) is 27.0. The number of anilines is 4. The summed E-state index contributed by atoms with van der Waals surface area (Å²) in [6.45, 7) is 4.07. The van der Waals surface area contributed by atoms with Gasteiger partial charge in [-0.3, -0.25) is 19.3 Å². The molecule has 1 fully saturated rings. The Morgan fingerprint density at radius 2 is 1.56 bits per heavy atom. The molecule has 0 spiro atoms. The molecule has 0 aromatic heterocycles. The molecular weight excluding hydrogens is 602 g/mol. The molecular formula is C38H37N7O3. The summed E-state index contributed by atoms with van der Waals surface area (Å²) < 4.78 is 0. The van der Waals surface area contributed by atoms with Crippen LogP contribution in [-0.2, 0) is 20.8 Å². The molecule has 48 heavy (non-hydrogen) atoms. The summed E-state index contributed by atoms with van der Waals surface area (Å²) in [5, 5.41) is 9.41. The monoisotopic (exact) mass is 639 g/mol. The van der Waals surface area contributed by atoms with Crippen LogP contribution >= 0.6 is 0 Å². The summed E-state index contributed by atoms with van der Waals surface area (Å²) in [4.78, 5) is 50.3. The normalized spacial score (nSPS) is 16.8. The lowest BCUT2D eigenvalue weighted by Crippen LogP contribution is -2.48. The molecule has 3 aliphatic rings. The number of nitrogens with zero attached hydrogens (tertiary/aromatic N) is 4. The highest BCUT2D eigenvalue weighted by atomic mass is 16.2. The minimum absolute atomic E-state index is 0.0449. The number of likely N-dealkylation sites (N-methyl/N-ethyl adjacent to an activating group) is 2. The summed E-state index contributed by atoms with van der Waals surface area (Å²) in [6, 6.07) is 30.5. The van der Waals surface area contributed by atoms with E-state index < -0.39 is 0 Å². The number of hydrogen-bond donors (Lipinski definition) is 3. The minimum Gasteiger partial charge on any atom is -0.354 e. The van der Waals surface area contributed by atoms with Crippen LogP contribution in [0.2, 0.25) is 0 Å². The molecule has 0 saturated carbocycles. The Bertz CT molecular complexity index is 1940. The highest BCUT2D eigenvalue weighted by Gasteiger charge is 2.29. The van der Waals surface area contributed by atoms with E-state index in [0.29, 0.717) is 41.3 Å². The van der Waals surface area contributed by atoms with Gasteiger partial charge in [-0.1, -0.05) is 48.5 Å². The van der Waals surface area contributed by atoms with Crippen molar-refractivity contribution in [2.45, 2.75) is 6.42 Å². The van der Waals surface area contributed by atoms with E-state index in [9.17, 15) is 14.4 Å². The Kier molecular flexibility index (Phi) is 8.58. The van der Waals surface area contributed by atoms with Gasteiger partial charge in [0.25, 0.3) is 11.8 Å². The maximum atomic E-state index is 13.5. The third kappa shape index (κ3) is 6.48. The first kappa shape index (κ1) is 31.0. The smallest absolute Gasteiger partial charge is 0.270 e. The lowest BCUT2D eigenvalue weighted by atomic mass is 9.99. The molecule has 3 aliphatic heterocycles. The average molecular weight is 640 g/mol. The van der Waals surface area contributed by atoms with Gasteiger partial charge in [-0.05, 0) is 66.7 Å². The number of carbonyl (C=O) groups is 3. The van der Waals surface area contributed by atoms with Crippen molar-refractivity contribution < 1.29 is 14.4 Å². The SMILES string of the molecule is CN1CCN(CC(=O)N(C)c2ccc(N/C(=C3\C(=O)Nc4cc(NC(=O)C5=Nc6ccccc6C5)ccc43)c3ccccc3)cc2)CC1. The standard InChI is InChI=1S/C38H37N7O3/c1-43-18-20-45(21-19-43)24-34(46)44(2)29-15-12-27(13-16-29)39-36(25-8-4-3-5-9-25)35-30-17-14-28(23-32(30)42-38(35)48)40-37(47)33-22-26-10-6-7-11-31(26)41-33/h3-17,23,39H,18-22,24H2,1-2H3,(H,40,47)(H,42,48)/b36-35-. The zero-order valence-electron chi connectivity index (χ0n) is 27.0. The van der Waals surface area contributed by atoms with Crippen LogP contribution in [-0.4, -0.2) is 80.1 Å². The summed E-state index contributed by atoms with van der Waals surface area (Å²) >= 11 is 0. The molecule has 10 nitrogen and oxygen atoms in total. The summed E-state index contributed by atoms with van der Waals surface area (Å²) in [5.41, 5.74) is 7.73. The van der Waals surface area contributed by atoms with E-state index in [-0.39, 0.29) is 17.7 Å². The van der Waals surface area contributed by atoms with E-state index in [1.54, 1.807) is 24.1 Å². The van der Waals surface area contributed by atoms with Gasteiger partial charge in [0.2, 0.25) is 5.91 Å². The molecule has 10 heteroatoms. The van der Waals surface area contributed by atoms with E-state index >= 15 is 0 Å². The van der Waals surface area contributed by atoms with Gasteiger partial charge in [-0.25, -0.2) is 4.99 Å². The van der Waals surface area contributed by atoms with E-state index in [2.05, 4.69) is 37.8 Å². The molecule has 0 unspecified atom stereocenters. The van der Waals surface area contributed by atoms with Gasteiger partial charge >= 0.3 is 0 Å². The number of fused-ring (bicyclic) bond motifs is 2. The Balaban J connectivity index is 1.10. The van der Waals surface area contributed by atoms with E-state index in [4.69, 9.17) is 0 Å². The van der Waals surface area contributed by atoms with Crippen LogP contribution < -0.4 is 20.9 Å². The molecule has 3 amide bonds. The molecule has 242 valence electrons. The summed E-state index contributed by atoms with van der Waals surface area (Å²) in [5.74, 6) is -0.474. The molecule has 4 aromatic rings. The van der Waals surface area contributed by atoms with Crippen LogP contribution in [0.15, 0.2) is 102 Å². The lowest BCUT2D eigenvalue weighted by Gasteiger charge is -2.32. The van der Waals surface area contributed by atoms with Gasteiger partial charge < -0.3 is 25.8 Å². The second-order valence-electron chi connectivity index (χ2n) is 12.4. The van der Waals surface area contributed by atoms with Crippen LogP contribution in [0.5, 0.6) is 0 Å². The van der Waals surface area contributed by atoms with Crippen molar-refractivity contribution in [1.82, 2.24) is 9.80 Å². The predicted octanol–water partition coefficient (Wildman–Crippen LogP) is 5.10. The second-order valence-corrected chi connectivity index (χ2v) is 12.4. The maximum Gasteiger partial charge on any atom is 0.270 e. The number of benzene rings is 4. The maximum absolute atomic E-state index is 13.5. The third-order valence-electron chi connectivity index (χ3n) is 9.05. The highest BCUT2D eigenvalue weighted by molar-refractivity contribution is 6.45. The van der Waals surface area contributed by atoms with Gasteiger partial charge in [-0.15, -0.1) is 0 Å². The quantitative estimate of drug-likeness (QED) is 0.232. The molecule has 0 bridgehead atoms. The number of para-hydroxylation sites is 1. The van der Waals surface area contributed by atoms with Crippen LogP contribution in [0.3, 0.4) is 0 Å². The van der Waals surface area contributed by atoms with Gasteiger partial charge in [0.1, 0.15) is 5.71 Å². The Morgan fingerprint density at radius 1 is 0.854 bits per heavy atom. The van der Waals surface area contributed by atoms with Crippen molar-refractivity contribution in [2.24, 2.45) is 4.99 Å². The van der Waals surface area contributed by atoms with Gasteiger partial charge in [0.05, 0.1) is 29.2 Å². The number of carbonyl (C=O) groups excluding carboxylic acids is 3. The minimum atomic E-state index is -0.270. The fourth-order valence-electron chi connectivity index (χ4n) is 6.21. The summed E-state index contributed by atoms with van der Waals surface area (Å²) in [6.07, 6.45) is 0.479. The molecule has 0 aliphatic carbocycles. The summed E-state index contributed by atoms with van der Waals surface area (Å²) in [7, 11) is 3.90. The van der Waals surface area contributed by atoms with Crippen LogP contribution in [0.25, 0.3) is 11.3 Å². The fourth-order valence-corrected chi connectivity index (χ4v) is 6.21. The third-order valence-corrected chi connectivity index (χ3v) is 9.05. The number of hydrogen-bond acceptors (Lipinski definition) is 7. The van der Waals surface area contributed by atoms with Crippen molar-refractivity contribution in [3.63, 3.8) is 0 Å². The first-order chi connectivity index (χ1) is 23.3. The number of amides is 3. The van der Waals surface area contributed by atoms with E-state index in [0.717, 1.165) is 59.9 Å². The van der Waals surface area contributed by atoms with Crippen molar-refractivity contribution in [3.05, 3.63) is 114 Å². The fraction of sp³-hybridized carbons (Fsp3) is 0.211. The van der Waals surface area contributed by atoms with Crippen LogP contribution in [0.4, 0.5) is 28.4 Å². The number of rotatable bonds is 8. The zero-order chi connectivity index (χ0) is 33.2. The molecule has 0 atom stereocenters. The number of aliphatic imine (C=N–C) groups is 1. The number of nitrogens with one attached hydrogen (secondary N) is 3. The van der Waals surface area contributed by atoms with Crippen LogP contribution in [0.1, 0.15) is 16.7 Å². The average Bonchev–Trinajstić information content (AvgIpc) is 3.69. The van der Waals surface area contributed by atoms with E-state index in [1.807, 2.05) is 84.9 Å². The second kappa shape index (κ2) is 13.3. The van der Waals surface area contributed by atoms with E-state index in [1.165, 1.54) is 0 Å². The molecule has 1 saturated heterocycles. The Morgan fingerprint density at radius 3 is 2.31 bits per heavy atom. The van der Waals surface area contributed by atoms with Gasteiger partial charge in [0, 0.05) is 62.3 Å². The lowest BCUT2D eigenvalue weighted by molar-refractivity contribution is -0.120. The first-order valence-corrected chi connectivity index (χ1v) is 16.1. The molecule has 0 radical (unpaired) electrons. The van der Waals surface area contributed by atoms with Crippen molar-refractivity contribution in [3.8, 4) is 0 Å². The topological polar surface area (TPSA) is 109 Å². The molecule has 4 aromatic carbocycles. The van der Waals surface area contributed by atoms with Gasteiger partial charge in [0.15, 0.2) is 0 Å². The van der Waals surface area contributed by atoms with Crippen molar-refractivity contribution in [2.75, 3.05) is 67.7 Å². The first-order valence-electron chi connectivity index (χ1n) is 16.1. The van der Waals surface area contributed by atoms with Crippen molar-refractivity contribution in [1.29, 1.82) is 0 Å².